The van der Waals surface area contributed by atoms with Gasteiger partial charge in [-0.15, -0.1) is 11.3 Å². The first-order valence-electron chi connectivity index (χ1n) is 6.14. The Morgan fingerprint density at radius 2 is 2.11 bits per heavy atom. The first kappa shape index (κ1) is 14.5. The molecule has 1 aromatic heterocycles. The van der Waals surface area contributed by atoms with Crippen LogP contribution in [-0.2, 0) is 16.8 Å². The average molecular weight is 299 g/mol. The number of nitrogens with one attached hydrogen (secondary N) is 1. The molecule has 2 rings (SSSR count). The molecule has 5 nitrogen and oxygen atoms in total. The number of rotatable bonds is 4. The van der Waals surface area contributed by atoms with Crippen LogP contribution in [0.5, 0.6) is 0 Å². The minimum Gasteiger partial charge on any atom is -0.320 e. The Morgan fingerprint density at radius 1 is 1.37 bits per heavy atom. The van der Waals surface area contributed by atoms with E-state index in [-0.39, 0.29) is 0 Å². The van der Waals surface area contributed by atoms with E-state index in [1.807, 2.05) is 12.1 Å². The summed E-state index contributed by atoms with van der Waals surface area (Å²) in [4.78, 5) is 1.85. The maximum absolute atomic E-state index is 12.0. The molecule has 0 unspecified atom stereocenters. The fourth-order valence-corrected chi connectivity index (χ4v) is 4.03. The highest BCUT2D eigenvalue weighted by Gasteiger charge is 2.24. The van der Waals surface area contributed by atoms with Crippen LogP contribution in [-0.4, -0.2) is 32.4 Å². The van der Waals surface area contributed by atoms with Crippen LogP contribution in [0.3, 0.4) is 0 Å². The highest BCUT2D eigenvalue weighted by molar-refractivity contribution is 7.87. The molecule has 0 aromatic carbocycles. The molecule has 1 aliphatic rings. The minimum atomic E-state index is -3.33. The summed E-state index contributed by atoms with van der Waals surface area (Å²) in [6, 6.07) is 3.77. The van der Waals surface area contributed by atoms with Gasteiger partial charge in [0.05, 0.1) is 11.4 Å². The van der Waals surface area contributed by atoms with Gasteiger partial charge in [-0.05, 0) is 25.0 Å². The molecule has 1 aliphatic heterocycles. The first-order chi connectivity index (χ1) is 9.12. The predicted molar refractivity (Wildman–Crippen MR) is 76.8 cm³/mol. The van der Waals surface area contributed by atoms with Gasteiger partial charge in [-0.3, -0.25) is 0 Å². The van der Waals surface area contributed by atoms with Crippen LogP contribution in [0.25, 0.3) is 0 Å². The van der Waals surface area contributed by atoms with E-state index < -0.39 is 10.2 Å². The molecular weight excluding hydrogens is 282 g/mol. The molecule has 104 valence electrons. The third-order valence-corrected chi connectivity index (χ3v) is 5.36. The van der Waals surface area contributed by atoms with Gasteiger partial charge in [0.15, 0.2) is 0 Å². The van der Waals surface area contributed by atoms with E-state index >= 15 is 0 Å². The maximum Gasteiger partial charge on any atom is 0.279 e. The third-order valence-electron chi connectivity index (χ3n) is 2.81. The monoisotopic (exact) mass is 299 g/mol. The maximum atomic E-state index is 12.0. The lowest BCUT2D eigenvalue weighted by atomic mass is 10.4. The lowest BCUT2D eigenvalue weighted by Gasteiger charge is -2.15. The zero-order valence-corrected chi connectivity index (χ0v) is 12.2. The molecule has 0 aliphatic carbocycles. The van der Waals surface area contributed by atoms with Gasteiger partial charge in [-0.1, -0.05) is 11.8 Å². The van der Waals surface area contributed by atoms with Crippen molar-refractivity contribution in [3.8, 4) is 11.8 Å². The summed E-state index contributed by atoms with van der Waals surface area (Å²) >= 11 is 1.48. The molecule has 0 radical (unpaired) electrons. The van der Waals surface area contributed by atoms with Gasteiger partial charge in [-0.2, -0.15) is 17.4 Å². The van der Waals surface area contributed by atoms with Crippen molar-refractivity contribution in [2.45, 2.75) is 19.4 Å². The molecular formula is C12H17N3O2S2. The lowest BCUT2D eigenvalue weighted by Crippen LogP contribution is -2.38. The lowest BCUT2D eigenvalue weighted by molar-refractivity contribution is 0.465. The smallest absolute Gasteiger partial charge is 0.279 e. The molecule has 1 aromatic rings. The highest BCUT2D eigenvalue weighted by atomic mass is 32.2. The predicted octanol–water partition coefficient (Wildman–Crippen LogP) is 0.489. The molecule has 0 bridgehead atoms. The van der Waals surface area contributed by atoms with Crippen LogP contribution >= 0.6 is 11.3 Å². The number of hydrogen-bond acceptors (Lipinski definition) is 4. The van der Waals surface area contributed by atoms with Crippen LogP contribution in [0.4, 0.5) is 0 Å². The van der Waals surface area contributed by atoms with Crippen LogP contribution in [0.15, 0.2) is 12.1 Å². The molecule has 0 spiro atoms. The van der Waals surface area contributed by atoms with Crippen LogP contribution < -0.4 is 10.5 Å². The van der Waals surface area contributed by atoms with Gasteiger partial charge in [0.1, 0.15) is 0 Å². The summed E-state index contributed by atoms with van der Waals surface area (Å²) < 4.78 is 28.0. The van der Waals surface area contributed by atoms with Gasteiger partial charge in [-0.25, -0.2) is 0 Å². The molecule has 19 heavy (non-hydrogen) atoms. The Morgan fingerprint density at radius 3 is 2.79 bits per heavy atom. The second kappa shape index (κ2) is 6.50. The van der Waals surface area contributed by atoms with E-state index in [9.17, 15) is 8.42 Å². The standard InChI is InChI=1S/C12H17N3O2S2/c13-7-3-4-11-5-6-12(18-11)10-14-19(16,17)15-8-1-2-9-15/h5-6,14H,1-2,7-10,13H2. The van der Waals surface area contributed by atoms with Gasteiger partial charge < -0.3 is 5.73 Å². The van der Waals surface area contributed by atoms with E-state index in [2.05, 4.69) is 16.6 Å². The summed E-state index contributed by atoms with van der Waals surface area (Å²) in [5.41, 5.74) is 5.30. The fourth-order valence-electron chi connectivity index (χ4n) is 1.86. The molecule has 0 saturated carbocycles. The summed E-state index contributed by atoms with van der Waals surface area (Å²) in [7, 11) is -3.33. The Balaban J connectivity index is 1.93. The highest BCUT2D eigenvalue weighted by Crippen LogP contribution is 2.16. The van der Waals surface area contributed by atoms with E-state index in [0.717, 1.165) is 22.6 Å². The van der Waals surface area contributed by atoms with Crippen molar-refractivity contribution in [1.29, 1.82) is 0 Å². The number of hydrogen-bond donors (Lipinski definition) is 2. The number of nitrogens with zero attached hydrogens (tertiary/aromatic N) is 1. The fraction of sp³-hybridized carbons (Fsp3) is 0.500. The van der Waals surface area contributed by atoms with Crippen molar-refractivity contribution in [2.24, 2.45) is 5.73 Å². The zero-order chi connectivity index (χ0) is 13.7. The van der Waals surface area contributed by atoms with Gasteiger partial charge in [0.2, 0.25) is 0 Å². The first-order valence-corrected chi connectivity index (χ1v) is 8.40. The Hall–Kier alpha value is -0.910. The van der Waals surface area contributed by atoms with Gasteiger partial charge in [0.25, 0.3) is 10.2 Å². The van der Waals surface area contributed by atoms with E-state index in [4.69, 9.17) is 5.73 Å². The topological polar surface area (TPSA) is 75.4 Å². The summed E-state index contributed by atoms with van der Waals surface area (Å²) in [5.74, 6) is 5.71. The van der Waals surface area contributed by atoms with E-state index in [0.29, 0.717) is 26.2 Å². The summed E-state index contributed by atoms with van der Waals surface area (Å²) in [6.45, 7) is 1.88. The summed E-state index contributed by atoms with van der Waals surface area (Å²) in [6.07, 6.45) is 1.89. The molecule has 2 heterocycles. The molecule has 1 fully saturated rings. The van der Waals surface area contributed by atoms with Crippen LogP contribution in [0, 0.1) is 11.8 Å². The van der Waals surface area contributed by atoms with E-state index in [1.165, 1.54) is 15.6 Å². The zero-order valence-electron chi connectivity index (χ0n) is 10.6. The quantitative estimate of drug-likeness (QED) is 0.795. The van der Waals surface area contributed by atoms with Crippen LogP contribution in [0.1, 0.15) is 22.6 Å². The molecule has 0 amide bonds. The largest absolute Gasteiger partial charge is 0.320 e. The van der Waals surface area contributed by atoms with Crippen molar-refractivity contribution in [2.75, 3.05) is 19.6 Å². The van der Waals surface area contributed by atoms with E-state index in [1.54, 1.807) is 0 Å². The molecule has 7 heteroatoms. The van der Waals surface area contributed by atoms with Crippen molar-refractivity contribution < 1.29 is 8.42 Å². The second-order valence-corrected chi connectivity index (χ2v) is 7.13. The average Bonchev–Trinajstić information content (AvgIpc) is 3.05. The van der Waals surface area contributed by atoms with Gasteiger partial charge in [0, 0.05) is 24.5 Å². The van der Waals surface area contributed by atoms with Crippen molar-refractivity contribution in [1.82, 2.24) is 9.03 Å². The van der Waals surface area contributed by atoms with Gasteiger partial charge >= 0.3 is 0 Å². The molecule has 3 N–H and O–H groups in total. The normalized spacial score (nSPS) is 16.3. The van der Waals surface area contributed by atoms with Crippen LogP contribution in [0.2, 0.25) is 0 Å². The third kappa shape index (κ3) is 4.03. The number of thiophene rings is 1. The van der Waals surface area contributed by atoms with Crippen molar-refractivity contribution in [3.05, 3.63) is 21.9 Å². The minimum absolute atomic E-state index is 0.313. The molecule has 1 saturated heterocycles. The second-order valence-electron chi connectivity index (χ2n) is 4.20. The van der Waals surface area contributed by atoms with Crippen molar-refractivity contribution >= 4 is 21.5 Å². The number of nitrogens with two attached hydrogens (primary N) is 1. The Labute approximate surface area is 118 Å². The molecule has 0 atom stereocenters. The Bertz CT molecular complexity index is 578. The van der Waals surface area contributed by atoms with Crippen molar-refractivity contribution in [3.63, 3.8) is 0 Å². The SMILES string of the molecule is NCC#Cc1ccc(CNS(=O)(=O)N2CCCC2)s1. The Kier molecular flexibility index (Phi) is 4.96. The summed E-state index contributed by atoms with van der Waals surface area (Å²) in [5, 5.41) is 0.